The summed E-state index contributed by atoms with van der Waals surface area (Å²) in [7, 11) is 0. The lowest BCUT2D eigenvalue weighted by Crippen LogP contribution is -2.52. The Balaban J connectivity index is 1.71. The Morgan fingerprint density at radius 3 is 2.52 bits per heavy atom. The molecule has 2 aromatic rings. The Morgan fingerprint density at radius 1 is 1.00 bits per heavy atom. The average Bonchev–Trinajstić information content (AvgIpc) is 2.60. The van der Waals surface area contributed by atoms with E-state index in [2.05, 4.69) is 15.3 Å². The molecule has 0 saturated carbocycles. The molecule has 0 aliphatic carbocycles. The molecule has 23 heavy (non-hydrogen) atoms. The standard InChI is InChI=1S/C18H16N4O/c1-12(23)22-17-9-5-4-8-15(17)20-11-18(22)16-10-19-13-6-2-3-7-14(13)21-16/h2-11,16,18,21H,1H3. The van der Waals surface area contributed by atoms with Crippen molar-refractivity contribution in [2.24, 2.45) is 9.98 Å². The number of carbonyl (C=O) groups is 1. The molecule has 2 aliphatic heterocycles. The second-order valence-corrected chi connectivity index (χ2v) is 5.61. The largest absolute Gasteiger partial charge is 0.373 e. The van der Waals surface area contributed by atoms with Crippen LogP contribution in [0.1, 0.15) is 6.92 Å². The van der Waals surface area contributed by atoms with Crippen LogP contribution in [0.2, 0.25) is 0 Å². The van der Waals surface area contributed by atoms with Crippen LogP contribution in [0.3, 0.4) is 0 Å². The number of benzene rings is 2. The Morgan fingerprint density at radius 2 is 1.70 bits per heavy atom. The summed E-state index contributed by atoms with van der Waals surface area (Å²) in [6.45, 7) is 1.58. The molecule has 2 atom stereocenters. The van der Waals surface area contributed by atoms with E-state index in [0.717, 1.165) is 22.7 Å². The van der Waals surface area contributed by atoms with Crippen LogP contribution in [0.25, 0.3) is 0 Å². The van der Waals surface area contributed by atoms with Crippen molar-refractivity contribution in [3.05, 3.63) is 48.5 Å². The fraction of sp³-hybridized carbons (Fsp3) is 0.167. The first-order valence-corrected chi connectivity index (χ1v) is 7.57. The zero-order valence-electron chi connectivity index (χ0n) is 12.7. The molecule has 114 valence electrons. The Hall–Kier alpha value is -2.95. The van der Waals surface area contributed by atoms with Crippen LogP contribution in [0.5, 0.6) is 0 Å². The Kier molecular flexibility index (Phi) is 3.19. The van der Waals surface area contributed by atoms with E-state index in [9.17, 15) is 4.79 Å². The minimum absolute atomic E-state index is 0.0114. The molecule has 0 radical (unpaired) electrons. The van der Waals surface area contributed by atoms with Gasteiger partial charge in [0.2, 0.25) is 5.91 Å². The number of para-hydroxylation sites is 4. The molecule has 0 saturated heterocycles. The zero-order valence-corrected chi connectivity index (χ0v) is 12.7. The fourth-order valence-electron chi connectivity index (χ4n) is 3.05. The van der Waals surface area contributed by atoms with Gasteiger partial charge in [-0.1, -0.05) is 24.3 Å². The van der Waals surface area contributed by atoms with Gasteiger partial charge in [0.1, 0.15) is 0 Å². The second-order valence-electron chi connectivity index (χ2n) is 5.61. The van der Waals surface area contributed by atoms with Gasteiger partial charge in [-0.15, -0.1) is 0 Å². The van der Waals surface area contributed by atoms with E-state index in [-0.39, 0.29) is 18.0 Å². The minimum Gasteiger partial charge on any atom is -0.373 e. The summed E-state index contributed by atoms with van der Waals surface area (Å²) < 4.78 is 0. The SMILES string of the molecule is CC(=O)N1c2ccccc2N=CC1C1C=Nc2ccccc2N1. The summed E-state index contributed by atoms with van der Waals surface area (Å²) in [5, 5.41) is 3.45. The van der Waals surface area contributed by atoms with Crippen LogP contribution in [-0.4, -0.2) is 30.4 Å². The van der Waals surface area contributed by atoms with E-state index in [0.29, 0.717) is 0 Å². The second kappa shape index (κ2) is 5.35. The third-order valence-electron chi connectivity index (χ3n) is 4.11. The van der Waals surface area contributed by atoms with Crippen molar-refractivity contribution in [2.75, 3.05) is 10.2 Å². The van der Waals surface area contributed by atoms with Gasteiger partial charge in [-0.25, -0.2) is 0 Å². The number of amides is 1. The molecule has 0 aromatic heterocycles. The maximum Gasteiger partial charge on any atom is 0.224 e. The molecule has 0 bridgehead atoms. The minimum atomic E-state index is -0.209. The summed E-state index contributed by atoms with van der Waals surface area (Å²) in [5.41, 5.74) is 3.52. The van der Waals surface area contributed by atoms with Gasteiger partial charge >= 0.3 is 0 Å². The molecule has 4 rings (SSSR count). The van der Waals surface area contributed by atoms with E-state index in [1.54, 1.807) is 11.8 Å². The molecule has 2 aromatic carbocycles. The van der Waals surface area contributed by atoms with Crippen LogP contribution < -0.4 is 10.2 Å². The summed E-state index contributed by atoms with van der Waals surface area (Å²) in [6.07, 6.45) is 3.67. The number of rotatable bonds is 1. The van der Waals surface area contributed by atoms with Gasteiger partial charge in [0, 0.05) is 19.4 Å². The van der Waals surface area contributed by atoms with Gasteiger partial charge < -0.3 is 5.32 Å². The van der Waals surface area contributed by atoms with E-state index in [1.807, 2.05) is 61.0 Å². The number of nitrogens with one attached hydrogen (secondary N) is 1. The highest BCUT2D eigenvalue weighted by Gasteiger charge is 2.33. The predicted molar refractivity (Wildman–Crippen MR) is 93.5 cm³/mol. The molecular formula is C18H16N4O. The first kappa shape index (κ1) is 13.7. The molecular weight excluding hydrogens is 288 g/mol. The topological polar surface area (TPSA) is 57.1 Å². The van der Waals surface area contributed by atoms with Gasteiger partial charge in [0.15, 0.2) is 0 Å². The molecule has 1 N–H and O–H groups in total. The maximum absolute atomic E-state index is 12.3. The Labute approximate surface area is 134 Å². The number of fused-ring (bicyclic) bond motifs is 2. The van der Waals surface area contributed by atoms with Crippen molar-refractivity contribution >= 4 is 41.1 Å². The zero-order chi connectivity index (χ0) is 15.8. The van der Waals surface area contributed by atoms with E-state index < -0.39 is 0 Å². The summed E-state index contributed by atoms with van der Waals surface area (Å²) in [5.74, 6) is -0.0114. The molecule has 0 fully saturated rings. The molecule has 2 heterocycles. The molecule has 2 aliphatic rings. The summed E-state index contributed by atoms with van der Waals surface area (Å²) in [6, 6.07) is 15.2. The smallest absolute Gasteiger partial charge is 0.224 e. The lowest BCUT2D eigenvalue weighted by molar-refractivity contribution is -0.116. The van der Waals surface area contributed by atoms with Gasteiger partial charge in [0.05, 0.1) is 34.8 Å². The lowest BCUT2D eigenvalue weighted by Gasteiger charge is -2.37. The highest BCUT2D eigenvalue weighted by atomic mass is 16.2. The van der Waals surface area contributed by atoms with Crippen LogP contribution >= 0.6 is 0 Å². The van der Waals surface area contributed by atoms with Crippen molar-refractivity contribution in [1.29, 1.82) is 0 Å². The van der Waals surface area contributed by atoms with Gasteiger partial charge in [-0.2, -0.15) is 0 Å². The van der Waals surface area contributed by atoms with Gasteiger partial charge in [-0.05, 0) is 24.3 Å². The quantitative estimate of drug-likeness (QED) is 0.878. The normalized spacial score (nSPS) is 21.3. The van der Waals surface area contributed by atoms with Crippen molar-refractivity contribution < 1.29 is 4.79 Å². The third kappa shape index (κ3) is 2.30. The molecule has 1 amide bonds. The number of anilines is 2. The number of hydrogen-bond donors (Lipinski definition) is 1. The molecule has 0 spiro atoms. The number of carbonyl (C=O) groups excluding carboxylic acids is 1. The molecule has 5 nitrogen and oxygen atoms in total. The van der Waals surface area contributed by atoms with Gasteiger partial charge in [0.25, 0.3) is 0 Å². The van der Waals surface area contributed by atoms with Crippen molar-refractivity contribution in [3.63, 3.8) is 0 Å². The van der Waals surface area contributed by atoms with Crippen LogP contribution in [-0.2, 0) is 4.79 Å². The monoisotopic (exact) mass is 304 g/mol. The highest BCUT2D eigenvalue weighted by molar-refractivity contribution is 6.04. The first-order valence-electron chi connectivity index (χ1n) is 7.57. The van der Waals surface area contributed by atoms with E-state index in [4.69, 9.17) is 0 Å². The number of hydrogen-bond acceptors (Lipinski definition) is 4. The predicted octanol–water partition coefficient (Wildman–Crippen LogP) is 3.32. The lowest BCUT2D eigenvalue weighted by atomic mass is 10.0. The van der Waals surface area contributed by atoms with Crippen LogP contribution in [0, 0.1) is 0 Å². The first-order chi connectivity index (χ1) is 11.2. The van der Waals surface area contributed by atoms with Crippen LogP contribution in [0.15, 0.2) is 58.5 Å². The number of nitrogens with zero attached hydrogens (tertiary/aromatic N) is 3. The fourth-order valence-corrected chi connectivity index (χ4v) is 3.05. The number of aliphatic imine (C=N–C) groups is 2. The average molecular weight is 304 g/mol. The molecule has 5 heteroatoms. The van der Waals surface area contributed by atoms with E-state index in [1.165, 1.54) is 0 Å². The van der Waals surface area contributed by atoms with Crippen molar-refractivity contribution in [3.8, 4) is 0 Å². The summed E-state index contributed by atoms with van der Waals surface area (Å²) in [4.78, 5) is 23.1. The van der Waals surface area contributed by atoms with Crippen molar-refractivity contribution in [1.82, 2.24) is 0 Å². The van der Waals surface area contributed by atoms with Crippen LogP contribution in [0.4, 0.5) is 22.7 Å². The highest BCUT2D eigenvalue weighted by Crippen LogP contribution is 2.35. The molecule has 2 unspecified atom stereocenters. The summed E-state index contributed by atoms with van der Waals surface area (Å²) >= 11 is 0. The maximum atomic E-state index is 12.3. The van der Waals surface area contributed by atoms with E-state index >= 15 is 0 Å². The Bertz CT molecular complexity index is 827. The van der Waals surface area contributed by atoms with Gasteiger partial charge in [-0.3, -0.25) is 19.7 Å². The van der Waals surface area contributed by atoms with Crippen molar-refractivity contribution in [2.45, 2.75) is 19.0 Å². The third-order valence-corrected chi connectivity index (χ3v) is 4.11.